The number of rotatable bonds is 4. The highest BCUT2D eigenvalue weighted by atomic mass is 35.5. The van der Waals surface area contributed by atoms with Crippen LogP contribution in [0.5, 0.6) is 5.75 Å². The molecule has 7 heteroatoms. The van der Waals surface area contributed by atoms with Gasteiger partial charge < -0.3 is 9.26 Å². The number of hydrogen-bond donors (Lipinski definition) is 0. The van der Waals surface area contributed by atoms with Gasteiger partial charge in [0.05, 0.1) is 16.6 Å². The van der Waals surface area contributed by atoms with E-state index >= 15 is 0 Å². The number of para-hydroxylation sites is 1. The Morgan fingerprint density at radius 3 is 2.77 bits per heavy atom. The lowest BCUT2D eigenvalue weighted by molar-refractivity contribution is 0.242. The second kappa shape index (κ2) is 6.46. The van der Waals surface area contributed by atoms with Crippen LogP contribution in [0.25, 0.3) is 28.3 Å². The molecule has 0 unspecified atom stereocenters. The van der Waals surface area contributed by atoms with E-state index in [1.807, 2.05) is 19.9 Å². The lowest BCUT2D eigenvalue weighted by atomic mass is 10.2. The minimum absolute atomic E-state index is 0.0188. The molecule has 0 saturated heterocycles. The van der Waals surface area contributed by atoms with E-state index in [4.69, 9.17) is 20.9 Å². The largest absolute Gasteiger partial charge is 0.489 e. The maximum Gasteiger partial charge on any atom is 0.275 e. The van der Waals surface area contributed by atoms with Crippen molar-refractivity contribution in [2.24, 2.45) is 0 Å². The number of aromatic nitrogens is 3. The summed E-state index contributed by atoms with van der Waals surface area (Å²) in [5, 5.41) is 4.91. The van der Waals surface area contributed by atoms with Gasteiger partial charge in [0.25, 0.3) is 11.8 Å². The van der Waals surface area contributed by atoms with Crippen molar-refractivity contribution >= 4 is 22.5 Å². The molecule has 2 aromatic carbocycles. The molecule has 0 aliphatic heterocycles. The Morgan fingerprint density at radius 1 is 1.19 bits per heavy atom. The molecule has 0 saturated carbocycles. The van der Waals surface area contributed by atoms with E-state index in [2.05, 4.69) is 10.1 Å². The molecule has 0 aliphatic carbocycles. The molecule has 132 valence electrons. The Bertz CT molecular complexity index is 1090. The second-order valence-corrected chi connectivity index (χ2v) is 6.48. The van der Waals surface area contributed by atoms with E-state index in [-0.39, 0.29) is 23.8 Å². The van der Waals surface area contributed by atoms with Gasteiger partial charge in [-0.3, -0.25) is 4.57 Å². The van der Waals surface area contributed by atoms with E-state index in [0.29, 0.717) is 27.2 Å². The highest BCUT2D eigenvalue weighted by Gasteiger charge is 2.16. The Kier molecular flexibility index (Phi) is 4.12. The molecule has 5 nitrogen and oxygen atoms in total. The highest BCUT2D eigenvalue weighted by Crippen LogP contribution is 2.31. The van der Waals surface area contributed by atoms with E-state index in [1.54, 1.807) is 41.0 Å². The summed E-state index contributed by atoms with van der Waals surface area (Å²) in [6.45, 7) is 3.85. The maximum atomic E-state index is 14.1. The summed E-state index contributed by atoms with van der Waals surface area (Å²) >= 11 is 6.26. The van der Waals surface area contributed by atoms with Gasteiger partial charge in [-0.15, -0.1) is 0 Å². The Balaban J connectivity index is 1.71. The molecule has 2 aromatic heterocycles. The van der Waals surface area contributed by atoms with Crippen molar-refractivity contribution in [1.29, 1.82) is 0 Å². The van der Waals surface area contributed by atoms with Crippen LogP contribution in [0.2, 0.25) is 5.02 Å². The Morgan fingerprint density at radius 2 is 2.00 bits per heavy atom. The number of benzene rings is 2. The summed E-state index contributed by atoms with van der Waals surface area (Å²) in [6, 6.07) is 12.3. The molecule has 0 fully saturated rings. The second-order valence-electron chi connectivity index (χ2n) is 6.08. The van der Waals surface area contributed by atoms with Gasteiger partial charge in [0.15, 0.2) is 0 Å². The van der Waals surface area contributed by atoms with Gasteiger partial charge in [0.1, 0.15) is 11.6 Å². The predicted octanol–water partition coefficient (Wildman–Crippen LogP) is 5.26. The third kappa shape index (κ3) is 2.93. The summed E-state index contributed by atoms with van der Waals surface area (Å²) in [5.74, 6) is 0.781. The molecule has 0 aliphatic rings. The molecular formula is C19H15ClFN3O2. The standard InChI is InChI=1S/C19H15ClFN3O2/c1-11(2)25-17-8-7-12(9-14(17)20)18-22-19(23-26-18)24-10-15(21)13-5-3-4-6-16(13)24/h3-11H,1-2H3. The van der Waals surface area contributed by atoms with Crippen molar-refractivity contribution in [3.8, 4) is 23.2 Å². The normalized spacial score (nSPS) is 11.4. The summed E-state index contributed by atoms with van der Waals surface area (Å²) in [6.07, 6.45) is 1.36. The lowest BCUT2D eigenvalue weighted by Crippen LogP contribution is -2.05. The molecule has 4 rings (SSSR count). The molecule has 0 radical (unpaired) electrons. The topological polar surface area (TPSA) is 53.1 Å². The van der Waals surface area contributed by atoms with Crippen LogP contribution in [-0.4, -0.2) is 20.8 Å². The first-order valence-electron chi connectivity index (χ1n) is 8.09. The van der Waals surface area contributed by atoms with E-state index in [1.165, 1.54) is 6.20 Å². The van der Waals surface area contributed by atoms with Crippen molar-refractivity contribution in [2.45, 2.75) is 20.0 Å². The predicted molar refractivity (Wildman–Crippen MR) is 97.3 cm³/mol. The average Bonchev–Trinajstić information content (AvgIpc) is 3.22. The third-order valence-electron chi connectivity index (χ3n) is 3.84. The van der Waals surface area contributed by atoms with Crippen molar-refractivity contribution < 1.29 is 13.7 Å². The van der Waals surface area contributed by atoms with Crippen LogP contribution in [0, 0.1) is 5.82 Å². The minimum Gasteiger partial charge on any atom is -0.489 e. The number of nitrogens with zero attached hydrogens (tertiary/aromatic N) is 3. The van der Waals surface area contributed by atoms with Crippen LogP contribution in [-0.2, 0) is 0 Å². The monoisotopic (exact) mass is 371 g/mol. The van der Waals surface area contributed by atoms with Crippen molar-refractivity contribution in [3.63, 3.8) is 0 Å². The molecule has 0 atom stereocenters. The first-order chi connectivity index (χ1) is 12.5. The van der Waals surface area contributed by atoms with E-state index in [0.717, 1.165) is 0 Å². The zero-order valence-electron chi connectivity index (χ0n) is 14.1. The Labute approximate surface area is 154 Å². The highest BCUT2D eigenvalue weighted by molar-refractivity contribution is 6.32. The first-order valence-corrected chi connectivity index (χ1v) is 8.47. The van der Waals surface area contributed by atoms with Gasteiger partial charge in [0.2, 0.25) is 0 Å². The Hall–Kier alpha value is -2.86. The molecule has 0 amide bonds. The van der Waals surface area contributed by atoms with Crippen LogP contribution in [0.1, 0.15) is 13.8 Å². The van der Waals surface area contributed by atoms with Crippen molar-refractivity contribution in [3.05, 3.63) is 59.5 Å². The van der Waals surface area contributed by atoms with Crippen LogP contribution >= 0.6 is 11.6 Å². The number of hydrogen-bond acceptors (Lipinski definition) is 4. The first kappa shape index (κ1) is 16.6. The fraction of sp³-hybridized carbons (Fsp3) is 0.158. The SMILES string of the molecule is CC(C)Oc1ccc(-c2nc(-n3cc(F)c4ccccc43)no2)cc1Cl. The zero-order valence-corrected chi connectivity index (χ0v) is 14.9. The van der Waals surface area contributed by atoms with Gasteiger partial charge in [-0.2, -0.15) is 4.98 Å². The fourth-order valence-electron chi connectivity index (χ4n) is 2.72. The van der Waals surface area contributed by atoms with E-state index < -0.39 is 0 Å². The van der Waals surface area contributed by atoms with E-state index in [9.17, 15) is 4.39 Å². The van der Waals surface area contributed by atoms with Gasteiger partial charge in [-0.05, 0) is 49.3 Å². The third-order valence-corrected chi connectivity index (χ3v) is 4.13. The van der Waals surface area contributed by atoms with Crippen LogP contribution < -0.4 is 4.74 Å². The summed E-state index contributed by atoms with van der Waals surface area (Å²) in [4.78, 5) is 4.36. The van der Waals surface area contributed by atoms with Gasteiger partial charge in [-0.25, -0.2) is 4.39 Å². The fourth-order valence-corrected chi connectivity index (χ4v) is 2.94. The summed E-state index contributed by atoms with van der Waals surface area (Å²) in [7, 11) is 0. The van der Waals surface area contributed by atoms with Crippen LogP contribution in [0.4, 0.5) is 4.39 Å². The van der Waals surface area contributed by atoms with Gasteiger partial charge in [-0.1, -0.05) is 23.7 Å². The lowest BCUT2D eigenvalue weighted by Gasteiger charge is -2.11. The van der Waals surface area contributed by atoms with Gasteiger partial charge in [0, 0.05) is 17.1 Å². The zero-order chi connectivity index (χ0) is 18.3. The molecule has 2 heterocycles. The van der Waals surface area contributed by atoms with Gasteiger partial charge >= 0.3 is 0 Å². The number of halogens is 2. The van der Waals surface area contributed by atoms with Crippen LogP contribution in [0.3, 0.4) is 0 Å². The summed E-state index contributed by atoms with van der Waals surface area (Å²) < 4.78 is 26.6. The minimum atomic E-state index is -0.342. The molecule has 4 aromatic rings. The molecule has 0 spiro atoms. The number of ether oxygens (including phenoxy) is 1. The van der Waals surface area contributed by atoms with Crippen molar-refractivity contribution in [2.75, 3.05) is 0 Å². The quantitative estimate of drug-likeness (QED) is 0.491. The molecule has 0 N–H and O–H groups in total. The van der Waals surface area contributed by atoms with Crippen molar-refractivity contribution in [1.82, 2.24) is 14.7 Å². The maximum absolute atomic E-state index is 14.1. The average molecular weight is 372 g/mol. The smallest absolute Gasteiger partial charge is 0.275 e. The van der Waals surface area contributed by atoms with Crippen LogP contribution in [0.15, 0.2) is 53.2 Å². The molecule has 0 bridgehead atoms. The molecular weight excluding hydrogens is 357 g/mol. The summed E-state index contributed by atoms with van der Waals surface area (Å²) in [5.41, 5.74) is 1.32. The molecule has 26 heavy (non-hydrogen) atoms. The number of fused-ring (bicyclic) bond motifs is 1.